The van der Waals surface area contributed by atoms with Crippen molar-refractivity contribution in [2.24, 2.45) is 0 Å². The molecule has 11 aromatic rings. The maximum atomic E-state index is 2.50. The minimum absolute atomic E-state index is 1.04. The first-order chi connectivity index (χ1) is 30.8. The van der Waals surface area contributed by atoms with Crippen LogP contribution in [0.3, 0.4) is 0 Å². The lowest BCUT2D eigenvalue weighted by Gasteiger charge is -2.27. The van der Waals surface area contributed by atoms with Gasteiger partial charge in [-0.3, -0.25) is 0 Å². The second-order valence-corrected chi connectivity index (χ2v) is 16.4. The quantitative estimate of drug-likeness (QED) is 0.156. The summed E-state index contributed by atoms with van der Waals surface area (Å²) in [6.07, 6.45) is 9.12. The molecule has 1 aliphatic carbocycles. The summed E-state index contributed by atoms with van der Waals surface area (Å²) in [6.45, 7) is 0. The predicted molar refractivity (Wildman–Crippen MR) is 266 cm³/mol. The van der Waals surface area contributed by atoms with Gasteiger partial charge in [-0.05, 0) is 128 Å². The molecule has 2 nitrogen and oxygen atoms in total. The zero-order chi connectivity index (χ0) is 41.0. The van der Waals surface area contributed by atoms with Crippen molar-refractivity contribution < 1.29 is 0 Å². The number of aromatic nitrogens is 1. The molecule has 0 saturated heterocycles. The predicted octanol–water partition coefficient (Wildman–Crippen LogP) is 16.9. The van der Waals surface area contributed by atoms with Crippen molar-refractivity contribution in [3.05, 3.63) is 231 Å². The van der Waals surface area contributed by atoms with E-state index in [1.165, 1.54) is 93.2 Å². The Hall–Kier alpha value is -7.94. The number of anilines is 3. The molecule has 62 heavy (non-hydrogen) atoms. The molecule has 0 saturated carbocycles. The maximum absolute atomic E-state index is 2.50. The molecular formula is C60H42N2. The van der Waals surface area contributed by atoms with Crippen molar-refractivity contribution in [2.75, 3.05) is 4.90 Å². The highest BCUT2D eigenvalue weighted by atomic mass is 15.1. The Labute approximate surface area is 361 Å². The Kier molecular flexibility index (Phi) is 8.67. The second-order valence-electron chi connectivity index (χ2n) is 16.4. The van der Waals surface area contributed by atoms with Crippen molar-refractivity contribution in [1.29, 1.82) is 0 Å². The summed E-state index contributed by atoms with van der Waals surface area (Å²) in [5, 5.41) is 10.0. The second kappa shape index (κ2) is 15.0. The standard InChI is InChI=1S/C60H42N2/c1-2-21-47(22-3-1)62-58-30-11-10-27-56(58)59-57(40-46-17-6-9-26-55(46)60(59)62)45-20-12-23-50(39-45)61(48-35-31-43(32-36-48)53-28-13-18-41-15-4-7-24-51(41)53)49-37-33-44(34-38-49)54-29-14-19-42-16-5-8-25-52(42)54/h2,4-40H,1,3H2. The van der Waals surface area contributed by atoms with Gasteiger partial charge in [0.15, 0.2) is 0 Å². The molecule has 0 unspecified atom stereocenters. The fraction of sp³-hybridized carbons (Fsp3) is 0.0333. The third kappa shape index (κ3) is 6.03. The van der Waals surface area contributed by atoms with E-state index in [-0.39, 0.29) is 0 Å². The Balaban J connectivity index is 1.04. The molecule has 1 aliphatic rings. The van der Waals surface area contributed by atoms with Gasteiger partial charge < -0.3 is 9.47 Å². The molecule has 1 heterocycles. The normalized spacial score (nSPS) is 12.7. The Morgan fingerprint density at radius 1 is 0.371 bits per heavy atom. The van der Waals surface area contributed by atoms with Crippen LogP contribution >= 0.6 is 0 Å². The largest absolute Gasteiger partial charge is 0.310 e. The zero-order valence-corrected chi connectivity index (χ0v) is 34.2. The third-order valence-electron chi connectivity index (χ3n) is 12.8. The van der Waals surface area contributed by atoms with Crippen molar-refractivity contribution in [3.63, 3.8) is 0 Å². The van der Waals surface area contributed by atoms with Crippen molar-refractivity contribution in [1.82, 2.24) is 4.57 Å². The number of para-hydroxylation sites is 1. The first-order valence-electron chi connectivity index (χ1n) is 21.7. The van der Waals surface area contributed by atoms with E-state index in [4.69, 9.17) is 0 Å². The van der Waals surface area contributed by atoms with Crippen LogP contribution in [-0.4, -0.2) is 4.57 Å². The molecule has 0 amide bonds. The number of benzene rings is 10. The van der Waals surface area contributed by atoms with Gasteiger partial charge in [-0.2, -0.15) is 0 Å². The fourth-order valence-corrected chi connectivity index (χ4v) is 9.89. The molecule has 2 heteroatoms. The average molecular weight is 791 g/mol. The molecule has 0 fully saturated rings. The number of rotatable bonds is 7. The van der Waals surface area contributed by atoms with Gasteiger partial charge in [-0.15, -0.1) is 0 Å². The minimum atomic E-state index is 1.04. The first-order valence-corrected chi connectivity index (χ1v) is 21.7. The molecule has 0 atom stereocenters. The van der Waals surface area contributed by atoms with Gasteiger partial charge in [0.1, 0.15) is 0 Å². The topological polar surface area (TPSA) is 8.17 Å². The lowest BCUT2D eigenvalue weighted by molar-refractivity contribution is 1.02. The van der Waals surface area contributed by atoms with Gasteiger partial charge in [0.2, 0.25) is 0 Å². The van der Waals surface area contributed by atoms with Crippen molar-refractivity contribution in [3.8, 4) is 33.4 Å². The van der Waals surface area contributed by atoms with Gasteiger partial charge in [0.25, 0.3) is 0 Å². The first kappa shape index (κ1) is 36.0. The van der Waals surface area contributed by atoms with Crippen LogP contribution in [0.25, 0.3) is 93.2 Å². The van der Waals surface area contributed by atoms with Crippen LogP contribution in [0.15, 0.2) is 231 Å². The smallest absolute Gasteiger partial charge is 0.0625 e. The number of allylic oxidation sites excluding steroid dienone is 4. The Morgan fingerprint density at radius 3 is 1.55 bits per heavy atom. The minimum Gasteiger partial charge on any atom is -0.310 e. The number of nitrogens with zero attached hydrogens (tertiary/aromatic N) is 2. The van der Waals surface area contributed by atoms with Gasteiger partial charge in [-0.25, -0.2) is 0 Å². The summed E-state index contributed by atoms with van der Waals surface area (Å²) in [5.74, 6) is 0. The third-order valence-corrected chi connectivity index (χ3v) is 12.8. The van der Waals surface area contributed by atoms with Crippen LogP contribution in [0.1, 0.15) is 12.8 Å². The van der Waals surface area contributed by atoms with Crippen LogP contribution in [0.4, 0.5) is 17.1 Å². The Bertz CT molecular complexity index is 3430. The number of hydrogen-bond acceptors (Lipinski definition) is 1. The molecule has 0 aliphatic heterocycles. The number of hydrogen-bond donors (Lipinski definition) is 0. The molecule has 0 N–H and O–H groups in total. The van der Waals surface area contributed by atoms with E-state index in [0.29, 0.717) is 0 Å². The number of fused-ring (bicyclic) bond motifs is 7. The SMILES string of the molecule is C1=CC(n2c3ccccc3c3c(-c4cccc(N(c5ccc(-c6cccc7ccccc67)cc5)c5ccc(-c6cccc7ccccc67)cc5)c4)cc4ccccc4c32)=CCC1. The van der Waals surface area contributed by atoms with Crippen LogP contribution in [-0.2, 0) is 0 Å². The maximum Gasteiger partial charge on any atom is 0.0625 e. The van der Waals surface area contributed by atoms with Crippen LogP contribution in [0, 0.1) is 0 Å². The van der Waals surface area contributed by atoms with E-state index < -0.39 is 0 Å². The molecule has 0 bridgehead atoms. The van der Waals surface area contributed by atoms with Gasteiger partial charge in [0.05, 0.1) is 11.0 Å². The molecule has 292 valence electrons. The monoisotopic (exact) mass is 790 g/mol. The molecule has 0 spiro atoms. The Morgan fingerprint density at radius 2 is 0.919 bits per heavy atom. The summed E-state index contributed by atoms with van der Waals surface area (Å²) < 4.78 is 2.50. The van der Waals surface area contributed by atoms with Gasteiger partial charge >= 0.3 is 0 Å². The van der Waals surface area contributed by atoms with Crippen LogP contribution < -0.4 is 4.90 Å². The van der Waals surface area contributed by atoms with E-state index in [1.54, 1.807) is 0 Å². The average Bonchev–Trinajstić information content (AvgIpc) is 3.70. The highest BCUT2D eigenvalue weighted by Crippen LogP contribution is 2.45. The van der Waals surface area contributed by atoms with E-state index in [1.807, 2.05) is 0 Å². The van der Waals surface area contributed by atoms with E-state index in [0.717, 1.165) is 29.9 Å². The van der Waals surface area contributed by atoms with Gasteiger partial charge in [0, 0.05) is 38.9 Å². The molecule has 0 radical (unpaired) electrons. The van der Waals surface area contributed by atoms with Crippen molar-refractivity contribution in [2.45, 2.75) is 12.8 Å². The van der Waals surface area contributed by atoms with E-state index in [9.17, 15) is 0 Å². The molecule has 10 aromatic carbocycles. The zero-order valence-electron chi connectivity index (χ0n) is 34.2. The lowest BCUT2D eigenvalue weighted by atomic mass is 9.94. The van der Waals surface area contributed by atoms with Crippen molar-refractivity contribution >= 4 is 76.9 Å². The molecule has 12 rings (SSSR count). The fourth-order valence-electron chi connectivity index (χ4n) is 9.89. The highest BCUT2D eigenvalue weighted by molar-refractivity contribution is 6.25. The lowest BCUT2D eigenvalue weighted by Crippen LogP contribution is -2.10. The molecule has 1 aromatic heterocycles. The van der Waals surface area contributed by atoms with Crippen LogP contribution in [0.2, 0.25) is 0 Å². The summed E-state index contributed by atoms with van der Waals surface area (Å²) in [5.41, 5.74) is 14.3. The summed E-state index contributed by atoms with van der Waals surface area (Å²) in [6, 6.07) is 78.0. The highest BCUT2D eigenvalue weighted by Gasteiger charge is 2.21. The van der Waals surface area contributed by atoms with Gasteiger partial charge in [-0.1, -0.05) is 176 Å². The van der Waals surface area contributed by atoms with E-state index >= 15 is 0 Å². The summed E-state index contributed by atoms with van der Waals surface area (Å²) >= 11 is 0. The van der Waals surface area contributed by atoms with E-state index in [2.05, 4.69) is 240 Å². The molecular weight excluding hydrogens is 749 g/mol. The van der Waals surface area contributed by atoms with Crippen LogP contribution in [0.5, 0.6) is 0 Å². The summed E-state index contributed by atoms with van der Waals surface area (Å²) in [7, 11) is 0. The summed E-state index contributed by atoms with van der Waals surface area (Å²) in [4.78, 5) is 2.41.